The number of rotatable bonds is 5. The molecule has 31 heavy (non-hydrogen) atoms. The molecule has 4 aliphatic carbocycles. The van der Waals surface area contributed by atoms with E-state index in [1.165, 1.54) is 44.1 Å². The number of aliphatic carboxylic acids is 1. The number of hydrogen-bond acceptors (Lipinski definition) is 3. The molecule has 2 N–H and O–H groups in total. The molecule has 2 aromatic carbocycles. The van der Waals surface area contributed by atoms with Crippen molar-refractivity contribution in [1.29, 1.82) is 0 Å². The average Bonchev–Trinajstić information content (AvgIpc) is 2.72. The van der Waals surface area contributed by atoms with Gasteiger partial charge in [0.15, 0.2) is 0 Å². The first-order valence-electron chi connectivity index (χ1n) is 11.3. The largest absolute Gasteiger partial charge is 0.507 e. The van der Waals surface area contributed by atoms with Crippen LogP contribution in [0.4, 0.5) is 0 Å². The number of methoxy groups -OCH3 is 1. The number of aromatic hydroxyl groups is 1. The molecule has 0 amide bonds. The van der Waals surface area contributed by atoms with Crippen LogP contribution in [0.3, 0.4) is 0 Å². The van der Waals surface area contributed by atoms with E-state index in [9.17, 15) is 9.90 Å². The van der Waals surface area contributed by atoms with Crippen molar-refractivity contribution in [2.24, 2.45) is 17.8 Å². The number of phenolic OH excluding ortho intramolecular Hbond substituents is 1. The molecule has 4 heteroatoms. The van der Waals surface area contributed by atoms with Gasteiger partial charge >= 0.3 is 5.97 Å². The number of carboxylic acid groups (broad SMARTS) is 1. The summed E-state index contributed by atoms with van der Waals surface area (Å²) in [5.74, 6) is 2.68. The van der Waals surface area contributed by atoms with Gasteiger partial charge in [-0.3, -0.25) is 0 Å². The third-order valence-corrected chi connectivity index (χ3v) is 7.89. The maximum absolute atomic E-state index is 10.9. The lowest BCUT2D eigenvalue weighted by Gasteiger charge is -2.57. The molecule has 4 aliphatic rings. The van der Waals surface area contributed by atoms with Crippen molar-refractivity contribution >= 4 is 12.0 Å². The number of aryl methyl sites for hydroxylation is 1. The minimum atomic E-state index is -0.987. The molecule has 4 fully saturated rings. The quantitative estimate of drug-likeness (QED) is 0.590. The van der Waals surface area contributed by atoms with Crippen LogP contribution in [0.1, 0.15) is 55.2 Å². The first-order valence-corrected chi connectivity index (χ1v) is 11.3. The summed E-state index contributed by atoms with van der Waals surface area (Å²) in [6.45, 7) is 2.04. The van der Waals surface area contributed by atoms with Crippen LogP contribution < -0.4 is 4.74 Å². The molecule has 4 nitrogen and oxygen atoms in total. The van der Waals surface area contributed by atoms with Crippen molar-refractivity contribution in [2.75, 3.05) is 7.11 Å². The molecule has 0 heterocycles. The zero-order chi connectivity index (χ0) is 21.8. The van der Waals surface area contributed by atoms with Crippen LogP contribution in [-0.2, 0) is 10.2 Å². The lowest BCUT2D eigenvalue weighted by Crippen LogP contribution is -2.48. The molecule has 0 radical (unpaired) electrons. The van der Waals surface area contributed by atoms with Crippen molar-refractivity contribution in [3.63, 3.8) is 0 Å². The summed E-state index contributed by atoms with van der Waals surface area (Å²) in [7, 11) is 1.76. The molecule has 162 valence electrons. The summed E-state index contributed by atoms with van der Waals surface area (Å²) in [6, 6.07) is 9.61. The first-order chi connectivity index (χ1) is 14.9. The standard InChI is InChI=1S/C27H30O4/c1-16-7-25(31-2)23(27-13-18-8-19(14-27)10-20(9-18)15-27)12-21(16)22-11-17(3-5-24(22)28)4-6-26(29)30/h3-7,11-12,18-20,28H,8-10,13-15H2,1-2H3,(H,29,30). The number of carboxylic acids is 1. The Morgan fingerprint density at radius 2 is 1.68 bits per heavy atom. The smallest absolute Gasteiger partial charge is 0.328 e. The summed E-state index contributed by atoms with van der Waals surface area (Å²) in [5.41, 5.74) is 4.99. The molecule has 0 spiro atoms. The molecular formula is C27H30O4. The van der Waals surface area contributed by atoms with Crippen molar-refractivity contribution in [2.45, 2.75) is 50.9 Å². The van der Waals surface area contributed by atoms with Crippen molar-refractivity contribution in [1.82, 2.24) is 0 Å². The van der Waals surface area contributed by atoms with Gasteiger partial charge < -0.3 is 14.9 Å². The molecule has 0 unspecified atom stereocenters. The van der Waals surface area contributed by atoms with E-state index in [1.807, 2.05) is 13.0 Å². The van der Waals surface area contributed by atoms with E-state index in [-0.39, 0.29) is 11.2 Å². The van der Waals surface area contributed by atoms with Crippen LogP contribution in [0.2, 0.25) is 0 Å². The van der Waals surface area contributed by atoms with Gasteiger partial charge in [0.1, 0.15) is 11.5 Å². The van der Waals surface area contributed by atoms with E-state index < -0.39 is 5.97 Å². The maximum Gasteiger partial charge on any atom is 0.328 e. The SMILES string of the molecule is COc1cc(C)c(-c2cc(C=CC(=O)O)ccc2O)cc1C12CC3CC(CC(C3)C1)C2. The van der Waals surface area contributed by atoms with E-state index in [4.69, 9.17) is 9.84 Å². The number of carbonyl (C=O) groups is 1. The highest BCUT2D eigenvalue weighted by Crippen LogP contribution is 2.62. The molecule has 0 saturated heterocycles. The van der Waals surface area contributed by atoms with Gasteiger partial charge in [-0.15, -0.1) is 0 Å². The zero-order valence-electron chi connectivity index (χ0n) is 18.2. The highest BCUT2D eigenvalue weighted by Gasteiger charge is 2.52. The van der Waals surface area contributed by atoms with Gasteiger partial charge in [0.25, 0.3) is 0 Å². The van der Waals surface area contributed by atoms with Gasteiger partial charge in [-0.1, -0.05) is 6.07 Å². The second-order valence-corrected chi connectivity index (χ2v) is 10.0. The van der Waals surface area contributed by atoms with E-state index in [2.05, 4.69) is 12.1 Å². The van der Waals surface area contributed by atoms with Crippen LogP contribution in [0.15, 0.2) is 36.4 Å². The van der Waals surface area contributed by atoms with Crippen LogP contribution in [0, 0.1) is 24.7 Å². The predicted octanol–water partition coefficient (Wildman–Crippen LogP) is 5.94. The van der Waals surface area contributed by atoms with Gasteiger partial charge in [-0.25, -0.2) is 4.79 Å². The monoisotopic (exact) mass is 418 g/mol. The summed E-state index contributed by atoms with van der Waals surface area (Å²) in [4.78, 5) is 10.9. The fourth-order valence-corrected chi connectivity index (χ4v) is 7.04. The Kier molecular flexibility index (Phi) is 4.84. The topological polar surface area (TPSA) is 66.8 Å². The van der Waals surface area contributed by atoms with Gasteiger partial charge in [-0.05, 0) is 116 Å². The van der Waals surface area contributed by atoms with E-state index in [0.717, 1.165) is 51.8 Å². The second-order valence-electron chi connectivity index (χ2n) is 10.0. The van der Waals surface area contributed by atoms with Crippen molar-refractivity contribution in [3.05, 3.63) is 53.1 Å². The van der Waals surface area contributed by atoms with Gasteiger partial charge in [0, 0.05) is 17.2 Å². The minimum absolute atomic E-state index is 0.180. The first kappa shape index (κ1) is 20.2. The Bertz CT molecular complexity index is 1030. The molecule has 0 aliphatic heterocycles. The van der Waals surface area contributed by atoms with Gasteiger partial charge in [0.05, 0.1) is 7.11 Å². The maximum atomic E-state index is 10.9. The Morgan fingerprint density at radius 3 is 2.26 bits per heavy atom. The van der Waals surface area contributed by atoms with E-state index in [1.54, 1.807) is 25.3 Å². The Morgan fingerprint density at radius 1 is 1.03 bits per heavy atom. The van der Waals surface area contributed by atoms with Gasteiger partial charge in [-0.2, -0.15) is 0 Å². The van der Waals surface area contributed by atoms with Crippen LogP contribution >= 0.6 is 0 Å². The zero-order valence-corrected chi connectivity index (χ0v) is 18.2. The van der Waals surface area contributed by atoms with Crippen LogP contribution in [-0.4, -0.2) is 23.3 Å². The number of benzene rings is 2. The molecule has 0 aromatic heterocycles. The van der Waals surface area contributed by atoms with E-state index >= 15 is 0 Å². The molecule has 6 rings (SSSR count). The molecule has 4 saturated carbocycles. The fraction of sp³-hybridized carbons (Fsp3) is 0.444. The summed E-state index contributed by atoms with van der Waals surface area (Å²) in [5, 5.41) is 19.6. The Labute approximate surface area is 183 Å². The third kappa shape index (κ3) is 3.52. The highest BCUT2D eigenvalue weighted by molar-refractivity contribution is 5.86. The molecule has 2 aromatic rings. The Balaban J connectivity index is 1.62. The summed E-state index contributed by atoms with van der Waals surface area (Å²) < 4.78 is 5.89. The Hall–Kier alpha value is -2.75. The van der Waals surface area contributed by atoms with Crippen LogP contribution in [0.25, 0.3) is 17.2 Å². The number of ether oxygens (including phenoxy) is 1. The van der Waals surface area contributed by atoms with Gasteiger partial charge in [0.2, 0.25) is 0 Å². The number of hydrogen-bond donors (Lipinski definition) is 2. The number of phenols is 1. The summed E-state index contributed by atoms with van der Waals surface area (Å²) >= 11 is 0. The lowest BCUT2D eigenvalue weighted by atomic mass is 9.48. The molecule has 0 atom stereocenters. The fourth-order valence-electron chi connectivity index (χ4n) is 7.04. The second kappa shape index (κ2) is 7.44. The minimum Gasteiger partial charge on any atom is -0.507 e. The summed E-state index contributed by atoms with van der Waals surface area (Å²) in [6.07, 6.45) is 10.6. The van der Waals surface area contributed by atoms with Crippen molar-refractivity contribution in [3.8, 4) is 22.6 Å². The lowest BCUT2D eigenvalue weighted by molar-refractivity contribution is -0.131. The highest BCUT2D eigenvalue weighted by atomic mass is 16.5. The molecule has 4 bridgehead atoms. The van der Waals surface area contributed by atoms with E-state index in [0.29, 0.717) is 0 Å². The normalized spacial score (nSPS) is 28.9. The predicted molar refractivity (Wildman–Crippen MR) is 121 cm³/mol. The van der Waals surface area contributed by atoms with Crippen molar-refractivity contribution < 1.29 is 19.7 Å². The third-order valence-electron chi connectivity index (χ3n) is 7.89. The molecular weight excluding hydrogens is 388 g/mol. The van der Waals surface area contributed by atoms with Crippen LogP contribution in [0.5, 0.6) is 11.5 Å². The average molecular weight is 419 g/mol.